The summed E-state index contributed by atoms with van der Waals surface area (Å²) in [5.41, 5.74) is -0.0942. The molecule has 23 heavy (non-hydrogen) atoms. The van der Waals surface area contributed by atoms with Crippen molar-refractivity contribution in [3.05, 3.63) is 35.6 Å². The first-order valence-electron chi connectivity index (χ1n) is 8.50. The number of amides is 1. The number of fused-ring (bicyclic) bond motifs is 1. The van der Waals surface area contributed by atoms with Crippen LogP contribution in [0.15, 0.2) is 24.3 Å². The predicted molar refractivity (Wildman–Crippen MR) is 84.6 cm³/mol. The van der Waals surface area contributed by atoms with Gasteiger partial charge in [0.2, 0.25) is 5.91 Å². The second-order valence-electron chi connectivity index (χ2n) is 7.22. The summed E-state index contributed by atoms with van der Waals surface area (Å²) in [7, 11) is 0. The molecule has 4 rings (SSSR count). The molecule has 124 valence electrons. The first-order chi connectivity index (χ1) is 11.1. The summed E-state index contributed by atoms with van der Waals surface area (Å²) in [6.07, 6.45) is 2.65. The predicted octanol–water partition coefficient (Wildman–Crippen LogP) is 1.84. The zero-order valence-electron chi connectivity index (χ0n) is 13.4. The Bertz CT molecular complexity index is 617. The molecular formula is C18H23FN2O2. The summed E-state index contributed by atoms with van der Waals surface area (Å²) in [5, 5.41) is 3.18. The Morgan fingerprint density at radius 3 is 2.87 bits per heavy atom. The normalized spacial score (nSPS) is 32.3. The summed E-state index contributed by atoms with van der Waals surface area (Å²) in [5.74, 6) is -0.285. The first-order valence-corrected chi connectivity index (χ1v) is 8.50. The van der Waals surface area contributed by atoms with Gasteiger partial charge in [-0.3, -0.25) is 9.69 Å². The van der Waals surface area contributed by atoms with Gasteiger partial charge in [-0.1, -0.05) is 18.2 Å². The molecule has 2 saturated heterocycles. The van der Waals surface area contributed by atoms with E-state index < -0.39 is 5.41 Å². The maximum atomic E-state index is 14.1. The van der Waals surface area contributed by atoms with Gasteiger partial charge in [0.1, 0.15) is 5.82 Å². The SMILES string of the molecule is C[C@H]1CN2C[C@@H](NC(=O)C3(c4ccccc4F)CC3)C[C@H]2CO1. The third-order valence-electron chi connectivity index (χ3n) is 5.50. The smallest absolute Gasteiger partial charge is 0.231 e. The van der Waals surface area contributed by atoms with Gasteiger partial charge in [0.15, 0.2) is 0 Å². The van der Waals surface area contributed by atoms with Crippen molar-refractivity contribution < 1.29 is 13.9 Å². The van der Waals surface area contributed by atoms with Crippen molar-refractivity contribution in [3.63, 3.8) is 0 Å². The fourth-order valence-corrected chi connectivity index (χ4v) is 4.06. The molecule has 1 amide bonds. The summed E-state index contributed by atoms with van der Waals surface area (Å²) < 4.78 is 19.8. The fourth-order valence-electron chi connectivity index (χ4n) is 4.06. The van der Waals surface area contributed by atoms with Gasteiger partial charge in [-0.05, 0) is 32.3 Å². The molecule has 0 aromatic heterocycles. The molecule has 0 bridgehead atoms. The lowest BCUT2D eigenvalue weighted by atomic mass is 9.94. The number of morpholine rings is 1. The minimum Gasteiger partial charge on any atom is -0.376 e. The average molecular weight is 318 g/mol. The van der Waals surface area contributed by atoms with Gasteiger partial charge in [-0.25, -0.2) is 4.39 Å². The molecule has 1 aliphatic carbocycles. The van der Waals surface area contributed by atoms with Crippen LogP contribution in [0.25, 0.3) is 0 Å². The van der Waals surface area contributed by atoms with Crippen molar-refractivity contribution in [3.8, 4) is 0 Å². The second kappa shape index (κ2) is 5.56. The topological polar surface area (TPSA) is 41.6 Å². The Morgan fingerprint density at radius 1 is 1.35 bits per heavy atom. The van der Waals surface area contributed by atoms with Crippen LogP contribution < -0.4 is 5.32 Å². The molecule has 2 aliphatic heterocycles. The Balaban J connectivity index is 1.44. The molecule has 3 atom stereocenters. The number of nitrogens with zero attached hydrogens (tertiary/aromatic N) is 1. The van der Waals surface area contributed by atoms with E-state index in [1.807, 2.05) is 0 Å². The number of hydrogen-bond acceptors (Lipinski definition) is 3. The molecule has 1 N–H and O–H groups in total. The van der Waals surface area contributed by atoms with E-state index in [1.54, 1.807) is 18.2 Å². The number of nitrogens with one attached hydrogen (secondary N) is 1. The summed E-state index contributed by atoms with van der Waals surface area (Å²) in [6, 6.07) is 7.21. The van der Waals surface area contributed by atoms with Crippen molar-refractivity contribution in [2.75, 3.05) is 19.7 Å². The third-order valence-corrected chi connectivity index (χ3v) is 5.50. The molecule has 1 aromatic carbocycles. The van der Waals surface area contributed by atoms with E-state index in [4.69, 9.17) is 4.74 Å². The van der Waals surface area contributed by atoms with Crippen LogP contribution in [0.3, 0.4) is 0 Å². The molecule has 1 saturated carbocycles. The summed E-state index contributed by atoms with van der Waals surface area (Å²) in [4.78, 5) is 15.2. The third kappa shape index (κ3) is 2.66. The van der Waals surface area contributed by atoms with E-state index in [0.29, 0.717) is 11.6 Å². The average Bonchev–Trinajstić information content (AvgIpc) is 3.23. The lowest BCUT2D eigenvalue weighted by Gasteiger charge is -2.33. The quantitative estimate of drug-likeness (QED) is 0.924. The number of halogens is 1. The zero-order valence-corrected chi connectivity index (χ0v) is 13.4. The summed E-state index contributed by atoms with van der Waals surface area (Å²) in [6.45, 7) is 4.62. The minimum absolute atomic E-state index is 0.0126. The van der Waals surface area contributed by atoms with E-state index in [2.05, 4.69) is 17.1 Å². The van der Waals surface area contributed by atoms with E-state index in [0.717, 1.165) is 39.0 Å². The van der Waals surface area contributed by atoms with Crippen LogP contribution in [-0.4, -0.2) is 48.7 Å². The molecule has 3 fully saturated rings. The van der Waals surface area contributed by atoms with Gasteiger partial charge >= 0.3 is 0 Å². The Hall–Kier alpha value is -1.46. The maximum absolute atomic E-state index is 14.1. The number of benzene rings is 1. The van der Waals surface area contributed by atoms with Gasteiger partial charge < -0.3 is 10.1 Å². The van der Waals surface area contributed by atoms with Crippen LogP contribution in [0.5, 0.6) is 0 Å². The zero-order chi connectivity index (χ0) is 16.0. The molecule has 3 aliphatic rings. The Labute approximate surface area is 136 Å². The van der Waals surface area contributed by atoms with Crippen LogP contribution in [0.1, 0.15) is 31.7 Å². The van der Waals surface area contributed by atoms with Gasteiger partial charge in [0.25, 0.3) is 0 Å². The van der Waals surface area contributed by atoms with Gasteiger partial charge in [-0.15, -0.1) is 0 Å². The standard InChI is InChI=1S/C18H23FN2O2/c1-12-9-21-10-13(8-14(21)11-23-12)20-17(22)18(6-7-18)15-4-2-3-5-16(15)19/h2-5,12-14H,6-11H2,1H3,(H,20,22)/t12-,13-,14-/m0/s1. The number of carbonyl (C=O) groups excluding carboxylic acids is 1. The highest BCUT2D eigenvalue weighted by atomic mass is 19.1. The molecule has 2 heterocycles. The van der Waals surface area contributed by atoms with E-state index >= 15 is 0 Å². The van der Waals surface area contributed by atoms with Crippen LogP contribution >= 0.6 is 0 Å². The molecule has 0 spiro atoms. The molecule has 0 radical (unpaired) electrons. The summed E-state index contributed by atoms with van der Waals surface area (Å²) >= 11 is 0. The number of carbonyl (C=O) groups is 1. The maximum Gasteiger partial charge on any atom is 0.231 e. The van der Waals surface area contributed by atoms with Crippen LogP contribution in [-0.2, 0) is 14.9 Å². The lowest BCUT2D eigenvalue weighted by Crippen LogP contribution is -2.46. The first kappa shape index (κ1) is 15.1. The van der Waals surface area contributed by atoms with E-state index in [-0.39, 0.29) is 23.9 Å². The van der Waals surface area contributed by atoms with Crippen molar-refractivity contribution in [1.29, 1.82) is 0 Å². The van der Waals surface area contributed by atoms with Crippen LogP contribution in [0, 0.1) is 5.82 Å². The molecule has 5 heteroatoms. The van der Waals surface area contributed by atoms with Crippen molar-refractivity contribution in [2.24, 2.45) is 0 Å². The fraction of sp³-hybridized carbons (Fsp3) is 0.611. The highest BCUT2D eigenvalue weighted by molar-refractivity contribution is 5.91. The van der Waals surface area contributed by atoms with Gasteiger partial charge in [0, 0.05) is 30.7 Å². The minimum atomic E-state index is -0.641. The highest BCUT2D eigenvalue weighted by Crippen LogP contribution is 2.49. The van der Waals surface area contributed by atoms with E-state index in [9.17, 15) is 9.18 Å². The van der Waals surface area contributed by atoms with Crippen LogP contribution in [0.2, 0.25) is 0 Å². The van der Waals surface area contributed by atoms with Gasteiger partial charge in [0.05, 0.1) is 18.1 Å². The number of hydrogen-bond donors (Lipinski definition) is 1. The Morgan fingerprint density at radius 2 is 2.13 bits per heavy atom. The largest absolute Gasteiger partial charge is 0.376 e. The number of rotatable bonds is 3. The van der Waals surface area contributed by atoms with Crippen LogP contribution in [0.4, 0.5) is 4.39 Å². The Kier molecular flexibility index (Phi) is 3.65. The lowest BCUT2D eigenvalue weighted by molar-refractivity contribution is -0.124. The van der Waals surface area contributed by atoms with Gasteiger partial charge in [-0.2, -0.15) is 0 Å². The molecular weight excluding hydrogens is 295 g/mol. The number of ether oxygens (including phenoxy) is 1. The monoisotopic (exact) mass is 318 g/mol. The van der Waals surface area contributed by atoms with Crippen molar-refractivity contribution in [1.82, 2.24) is 10.2 Å². The van der Waals surface area contributed by atoms with Crippen molar-refractivity contribution >= 4 is 5.91 Å². The molecule has 4 nitrogen and oxygen atoms in total. The molecule has 1 aromatic rings. The highest BCUT2D eigenvalue weighted by Gasteiger charge is 2.53. The molecule has 0 unspecified atom stereocenters. The van der Waals surface area contributed by atoms with E-state index in [1.165, 1.54) is 6.07 Å². The van der Waals surface area contributed by atoms with Crippen molar-refractivity contribution in [2.45, 2.75) is 49.8 Å². The second-order valence-corrected chi connectivity index (χ2v) is 7.22.